The standard InChI is InChI=1S/C57H66N12O4S/c1-34(2)53(70)64-41-14-10-39(11-15-41)47-43(45-49(58)60-32-62-51(45)66(47)6)38-21-28-74(7,29-22-38)56(73)68-27-20-36(30-68)31-69-48(40-12-16-42(17-13-40)65-54(71)35(3)4)44(46-50(59)61-33-63-52(46)69)37-18-23-57(5,24-19-37)55(72)67-25-8-9-26-67/h10-18,21,32-33,36H,1,3,8-9,19-20,22-31H2,2,4-7H3,(H,64,70)(H,65,71)(H2,58,60,62)(H2,59,61,63)/t36?,57-/m0/s1. The molecule has 1 unspecified atom stereocenters. The highest BCUT2D eigenvalue weighted by atomic mass is 32.3. The van der Waals surface area contributed by atoms with Crippen LogP contribution in [0.3, 0.4) is 0 Å². The molecule has 1 aliphatic carbocycles. The number of nitrogen functional groups attached to an aromatic ring is 2. The Morgan fingerprint density at radius 1 is 0.743 bits per heavy atom. The molecule has 4 amide bonds. The molecule has 2 fully saturated rings. The molecule has 3 aliphatic heterocycles. The van der Waals surface area contributed by atoms with E-state index in [4.69, 9.17) is 16.5 Å². The second-order valence-corrected chi connectivity index (χ2v) is 24.8. The lowest BCUT2D eigenvalue weighted by Crippen LogP contribution is -2.41. The maximum Gasteiger partial charge on any atom is 0.264 e. The Morgan fingerprint density at radius 2 is 1.30 bits per heavy atom. The zero-order valence-electron chi connectivity index (χ0n) is 43.1. The number of rotatable bonds is 11. The van der Waals surface area contributed by atoms with Crippen molar-refractivity contribution in [2.45, 2.75) is 72.3 Å². The summed E-state index contributed by atoms with van der Waals surface area (Å²) in [4.78, 5) is 76.4. The van der Waals surface area contributed by atoms with Crippen molar-refractivity contribution in [2.24, 2.45) is 18.4 Å². The molecule has 16 nitrogen and oxygen atoms in total. The molecular weight excluding hydrogens is 949 g/mol. The molecule has 3 atom stereocenters. The largest absolute Gasteiger partial charge is 0.383 e. The van der Waals surface area contributed by atoms with E-state index < -0.39 is 15.4 Å². The van der Waals surface area contributed by atoms with Gasteiger partial charge in [-0.2, -0.15) is 10.0 Å². The molecule has 0 radical (unpaired) electrons. The number of likely N-dealkylation sites (tertiary alicyclic amines) is 2. The van der Waals surface area contributed by atoms with E-state index in [0.717, 1.165) is 105 Å². The summed E-state index contributed by atoms with van der Waals surface area (Å²) in [5.74, 6) is 1.99. The third-order valence-electron chi connectivity index (χ3n) is 15.7. The van der Waals surface area contributed by atoms with Gasteiger partial charge in [0.05, 0.1) is 27.6 Å². The number of aryl methyl sites for hydroxylation is 1. The lowest BCUT2D eigenvalue weighted by Gasteiger charge is -2.40. The highest BCUT2D eigenvalue weighted by Gasteiger charge is 2.41. The normalized spacial score (nSPS) is 20.9. The second kappa shape index (κ2) is 19.7. The van der Waals surface area contributed by atoms with Crippen molar-refractivity contribution in [1.29, 1.82) is 0 Å². The van der Waals surface area contributed by atoms with Gasteiger partial charge in [-0.15, -0.1) is 0 Å². The number of nitrogens with zero attached hydrogens (tertiary/aromatic N) is 8. The summed E-state index contributed by atoms with van der Waals surface area (Å²) in [5.41, 5.74) is 24.4. The van der Waals surface area contributed by atoms with Crippen molar-refractivity contribution >= 4 is 89.2 Å². The third kappa shape index (κ3) is 9.15. The number of amides is 4. The van der Waals surface area contributed by atoms with Gasteiger partial charge in [-0.25, -0.2) is 19.9 Å². The Hall–Kier alpha value is -7.53. The first-order chi connectivity index (χ1) is 35.4. The van der Waals surface area contributed by atoms with Gasteiger partial charge >= 0.3 is 0 Å². The Bertz CT molecular complexity index is 3370. The van der Waals surface area contributed by atoms with Crippen molar-refractivity contribution in [3.63, 3.8) is 0 Å². The van der Waals surface area contributed by atoms with Gasteiger partial charge in [0.1, 0.15) is 35.6 Å². The second-order valence-electron chi connectivity index (χ2n) is 21.1. The molecular formula is C57H66N12O4S. The summed E-state index contributed by atoms with van der Waals surface area (Å²) in [6.07, 6.45) is 15.2. The number of anilines is 4. The van der Waals surface area contributed by atoms with E-state index in [2.05, 4.69) is 73.5 Å². The van der Waals surface area contributed by atoms with E-state index in [9.17, 15) is 19.2 Å². The average molecular weight is 1020 g/mol. The van der Waals surface area contributed by atoms with Gasteiger partial charge in [0.15, 0.2) is 0 Å². The Morgan fingerprint density at radius 3 is 1.85 bits per heavy atom. The van der Waals surface area contributed by atoms with Crippen molar-refractivity contribution in [3.05, 3.63) is 109 Å². The summed E-state index contributed by atoms with van der Waals surface area (Å²) in [7, 11) is 0.216. The SMILES string of the molecule is C=C(C)C(=O)Nc1ccc(-c2c(C3=CC[S@@](C)(C(=O)N4CCC(Cn5c(-c6ccc(NC(=O)C(=C)C)cc6)c(C6=CC[C@](C)(C(=O)N7CCCC7)CC6)c6c(N)ncnc65)C4)CC3)c3c(N)ncnc3n2C)cc1. The van der Waals surface area contributed by atoms with Crippen LogP contribution in [0.15, 0.2) is 97.6 Å². The molecule has 74 heavy (non-hydrogen) atoms. The van der Waals surface area contributed by atoms with Crippen LogP contribution < -0.4 is 22.1 Å². The van der Waals surface area contributed by atoms with Gasteiger partial charge in [-0.05, 0) is 123 Å². The van der Waals surface area contributed by atoms with Crippen LogP contribution in [-0.2, 0) is 28.0 Å². The molecule has 2 saturated heterocycles. The molecule has 17 heteroatoms. The number of benzene rings is 2. The molecule has 7 heterocycles. The summed E-state index contributed by atoms with van der Waals surface area (Å²) < 4.78 is 4.31. The van der Waals surface area contributed by atoms with Crippen LogP contribution in [0.4, 0.5) is 27.8 Å². The number of hydrogen-bond acceptors (Lipinski definition) is 10. The first-order valence-corrected chi connectivity index (χ1v) is 27.9. The third-order valence-corrected chi connectivity index (χ3v) is 18.8. The van der Waals surface area contributed by atoms with Crippen molar-refractivity contribution < 1.29 is 19.2 Å². The minimum Gasteiger partial charge on any atom is -0.383 e. The van der Waals surface area contributed by atoms with E-state index >= 15 is 0 Å². The minimum absolute atomic E-state index is 0.118. The van der Waals surface area contributed by atoms with Crippen LogP contribution in [0, 0.1) is 11.3 Å². The summed E-state index contributed by atoms with van der Waals surface area (Å²) in [5, 5.41) is 7.61. The van der Waals surface area contributed by atoms with Gasteiger partial charge in [0.25, 0.3) is 17.1 Å². The van der Waals surface area contributed by atoms with Gasteiger partial charge in [-0.3, -0.25) is 19.2 Å². The first kappa shape index (κ1) is 50.0. The Kier molecular flexibility index (Phi) is 13.3. The van der Waals surface area contributed by atoms with Gasteiger partial charge in [0.2, 0.25) is 5.91 Å². The maximum atomic E-state index is 14.9. The van der Waals surface area contributed by atoms with E-state index in [1.807, 2.05) is 65.0 Å². The van der Waals surface area contributed by atoms with Crippen LogP contribution in [0.2, 0.25) is 0 Å². The minimum atomic E-state index is -1.76. The summed E-state index contributed by atoms with van der Waals surface area (Å²) in [6.45, 7) is 16.5. The van der Waals surface area contributed by atoms with Crippen LogP contribution in [0.1, 0.15) is 76.8 Å². The summed E-state index contributed by atoms with van der Waals surface area (Å²) in [6, 6.07) is 15.5. The highest BCUT2D eigenvalue weighted by Crippen LogP contribution is 2.54. The lowest BCUT2D eigenvalue weighted by atomic mass is 9.74. The number of fused-ring (bicyclic) bond motifs is 2. The van der Waals surface area contributed by atoms with Crippen molar-refractivity contribution in [3.8, 4) is 22.5 Å². The number of aromatic nitrogens is 6. The fourth-order valence-corrected chi connectivity index (χ4v) is 13.9. The molecule has 0 bridgehead atoms. The first-order valence-electron chi connectivity index (χ1n) is 25.5. The average Bonchev–Trinajstić information content (AvgIpc) is 4.22. The highest BCUT2D eigenvalue weighted by molar-refractivity contribution is 8.44. The molecule has 0 saturated carbocycles. The Balaban J connectivity index is 0.935. The number of nitrogens with one attached hydrogen (secondary N) is 2. The fraction of sp³-hybridized carbons (Fsp3) is 0.368. The topological polar surface area (TPSA) is 212 Å². The summed E-state index contributed by atoms with van der Waals surface area (Å²) >= 11 is 0. The van der Waals surface area contributed by atoms with Crippen LogP contribution in [-0.4, -0.2) is 106 Å². The predicted octanol–water partition coefficient (Wildman–Crippen LogP) is 9.80. The van der Waals surface area contributed by atoms with E-state index in [1.165, 1.54) is 12.7 Å². The van der Waals surface area contributed by atoms with Crippen LogP contribution >= 0.6 is 10.0 Å². The zero-order chi connectivity index (χ0) is 52.2. The molecule has 384 valence electrons. The number of carbonyl (C=O) groups excluding carboxylic acids is 4. The number of nitrogens with two attached hydrogens (primary N) is 2. The molecule has 6 N–H and O–H groups in total. The van der Waals surface area contributed by atoms with E-state index in [1.54, 1.807) is 13.8 Å². The van der Waals surface area contributed by atoms with E-state index in [-0.39, 0.29) is 28.9 Å². The van der Waals surface area contributed by atoms with Crippen molar-refractivity contribution in [2.75, 3.05) is 66.0 Å². The fourth-order valence-electron chi connectivity index (χ4n) is 11.4. The molecule has 4 aliphatic rings. The van der Waals surface area contributed by atoms with E-state index in [0.29, 0.717) is 85.2 Å². The van der Waals surface area contributed by atoms with Crippen LogP contribution in [0.5, 0.6) is 0 Å². The predicted molar refractivity (Wildman–Crippen MR) is 299 cm³/mol. The monoisotopic (exact) mass is 1010 g/mol. The number of hydrogen-bond donors (Lipinski definition) is 4. The smallest absolute Gasteiger partial charge is 0.264 e. The molecule has 0 spiro atoms. The van der Waals surface area contributed by atoms with Gasteiger partial charge in [-0.1, -0.05) is 56.5 Å². The number of carbonyl (C=O) groups is 4. The molecule has 10 rings (SSSR count). The molecule has 6 aromatic rings. The van der Waals surface area contributed by atoms with Gasteiger partial charge in [0, 0.05) is 79.2 Å². The van der Waals surface area contributed by atoms with Gasteiger partial charge < -0.3 is 41.0 Å². The maximum absolute atomic E-state index is 14.9. The lowest BCUT2D eigenvalue weighted by molar-refractivity contribution is -0.140. The zero-order valence-corrected chi connectivity index (χ0v) is 43.9. The number of allylic oxidation sites excluding steroid dienone is 3. The molecule has 4 aromatic heterocycles. The van der Waals surface area contributed by atoms with Crippen molar-refractivity contribution in [1.82, 2.24) is 38.9 Å². The quantitative estimate of drug-likeness (QED) is 0.0902. The Labute approximate surface area is 433 Å². The van der Waals surface area contributed by atoms with Crippen LogP contribution in [0.25, 0.3) is 55.7 Å². The molecule has 2 aromatic carbocycles.